The van der Waals surface area contributed by atoms with E-state index in [0.29, 0.717) is 0 Å². The molecule has 0 fully saturated rings. The van der Waals surface area contributed by atoms with Crippen molar-refractivity contribution >= 4 is 10.4 Å². The summed E-state index contributed by atoms with van der Waals surface area (Å²) in [5, 5.41) is 18.4. The first-order chi connectivity index (χ1) is 8.34. The monoisotopic (exact) mass is 284 g/mol. The number of aliphatic hydroxyl groups excluding tert-OH is 2. The molecule has 0 aliphatic rings. The highest BCUT2D eigenvalue weighted by atomic mass is 32.3. The standard InChI is InChI=1S/C11H24O6S/c1-3-5-6-9(4-2)7-11(10(13)8-12)17-18(14,15)16/h9-13H,3-8H2,1-2H3,(H,14,15,16). The molecule has 0 bridgehead atoms. The van der Waals surface area contributed by atoms with Crippen LogP contribution in [-0.4, -0.2) is 42.0 Å². The Morgan fingerprint density at radius 2 is 1.89 bits per heavy atom. The average molecular weight is 284 g/mol. The van der Waals surface area contributed by atoms with E-state index in [9.17, 15) is 13.5 Å². The molecule has 0 spiro atoms. The van der Waals surface area contributed by atoms with Gasteiger partial charge in [0.05, 0.1) is 6.61 Å². The quantitative estimate of drug-likeness (QED) is 0.520. The van der Waals surface area contributed by atoms with Gasteiger partial charge in [-0.15, -0.1) is 0 Å². The summed E-state index contributed by atoms with van der Waals surface area (Å²) in [7, 11) is -4.62. The zero-order valence-corrected chi connectivity index (χ0v) is 11.8. The Hall–Kier alpha value is -0.210. The van der Waals surface area contributed by atoms with E-state index in [4.69, 9.17) is 9.66 Å². The minimum Gasteiger partial charge on any atom is -0.394 e. The van der Waals surface area contributed by atoms with Crippen molar-refractivity contribution in [3.63, 3.8) is 0 Å². The van der Waals surface area contributed by atoms with Gasteiger partial charge in [0.1, 0.15) is 12.2 Å². The Balaban J connectivity index is 4.55. The Kier molecular flexibility index (Phi) is 8.71. The van der Waals surface area contributed by atoms with Gasteiger partial charge in [0.25, 0.3) is 0 Å². The molecular weight excluding hydrogens is 260 g/mol. The third kappa shape index (κ3) is 7.99. The molecule has 6 nitrogen and oxygen atoms in total. The van der Waals surface area contributed by atoms with Crippen molar-refractivity contribution in [2.75, 3.05) is 6.61 Å². The number of hydrogen-bond donors (Lipinski definition) is 3. The summed E-state index contributed by atoms with van der Waals surface area (Å²) in [4.78, 5) is 0. The van der Waals surface area contributed by atoms with Gasteiger partial charge in [0.15, 0.2) is 0 Å². The summed E-state index contributed by atoms with van der Waals surface area (Å²) in [5.41, 5.74) is 0. The van der Waals surface area contributed by atoms with E-state index in [0.717, 1.165) is 25.7 Å². The van der Waals surface area contributed by atoms with Crippen molar-refractivity contribution in [3.05, 3.63) is 0 Å². The molecule has 0 rings (SSSR count). The Morgan fingerprint density at radius 1 is 1.28 bits per heavy atom. The molecule has 0 aromatic rings. The molecule has 18 heavy (non-hydrogen) atoms. The number of aliphatic hydroxyl groups is 2. The van der Waals surface area contributed by atoms with Gasteiger partial charge < -0.3 is 10.2 Å². The highest BCUT2D eigenvalue weighted by molar-refractivity contribution is 7.80. The van der Waals surface area contributed by atoms with E-state index in [1.165, 1.54) is 0 Å². The lowest BCUT2D eigenvalue weighted by atomic mass is 9.91. The van der Waals surface area contributed by atoms with Crippen LogP contribution in [0.3, 0.4) is 0 Å². The van der Waals surface area contributed by atoms with Gasteiger partial charge in [-0.3, -0.25) is 4.55 Å². The first kappa shape index (κ1) is 17.8. The molecule has 3 unspecified atom stereocenters. The molecule has 0 heterocycles. The van der Waals surface area contributed by atoms with Crippen LogP contribution in [0, 0.1) is 5.92 Å². The number of unbranched alkanes of at least 4 members (excludes halogenated alkanes) is 1. The summed E-state index contributed by atoms with van der Waals surface area (Å²) in [6.45, 7) is 3.42. The molecule has 0 aliphatic carbocycles. The Bertz CT molecular complexity index is 303. The summed E-state index contributed by atoms with van der Waals surface area (Å²) in [5.74, 6) is 0.192. The number of hydrogen-bond acceptors (Lipinski definition) is 5. The summed E-state index contributed by atoms with van der Waals surface area (Å²) < 4.78 is 34.4. The highest BCUT2D eigenvalue weighted by Crippen LogP contribution is 2.22. The van der Waals surface area contributed by atoms with Gasteiger partial charge in [-0.1, -0.05) is 39.5 Å². The average Bonchev–Trinajstić information content (AvgIpc) is 2.30. The van der Waals surface area contributed by atoms with Gasteiger partial charge in [-0.25, -0.2) is 4.18 Å². The molecule has 110 valence electrons. The predicted molar refractivity (Wildman–Crippen MR) is 67.4 cm³/mol. The van der Waals surface area contributed by atoms with Crippen LogP contribution in [0.15, 0.2) is 0 Å². The van der Waals surface area contributed by atoms with Crippen LogP contribution in [0.4, 0.5) is 0 Å². The lowest BCUT2D eigenvalue weighted by molar-refractivity contribution is -0.0140. The van der Waals surface area contributed by atoms with Crippen molar-refractivity contribution in [2.45, 2.75) is 58.2 Å². The minimum atomic E-state index is -4.62. The zero-order valence-electron chi connectivity index (χ0n) is 10.9. The molecule has 7 heteroatoms. The molecule has 0 aromatic heterocycles. The van der Waals surface area contributed by atoms with E-state index in [1.54, 1.807) is 0 Å². The van der Waals surface area contributed by atoms with Crippen molar-refractivity contribution in [1.29, 1.82) is 0 Å². The first-order valence-electron chi connectivity index (χ1n) is 6.28. The fourth-order valence-corrected chi connectivity index (χ4v) is 2.36. The maximum absolute atomic E-state index is 10.7. The van der Waals surface area contributed by atoms with Crippen LogP contribution in [0.2, 0.25) is 0 Å². The zero-order chi connectivity index (χ0) is 14.2. The van der Waals surface area contributed by atoms with Gasteiger partial charge in [0.2, 0.25) is 0 Å². The maximum Gasteiger partial charge on any atom is 0.397 e. The van der Waals surface area contributed by atoms with E-state index in [1.807, 2.05) is 6.92 Å². The smallest absolute Gasteiger partial charge is 0.394 e. The summed E-state index contributed by atoms with van der Waals surface area (Å²) >= 11 is 0. The van der Waals surface area contributed by atoms with Crippen LogP contribution < -0.4 is 0 Å². The summed E-state index contributed by atoms with van der Waals surface area (Å²) in [6.07, 6.45) is 1.63. The van der Waals surface area contributed by atoms with Crippen LogP contribution in [0.1, 0.15) is 46.0 Å². The number of rotatable bonds is 10. The van der Waals surface area contributed by atoms with Crippen molar-refractivity contribution in [2.24, 2.45) is 5.92 Å². The Labute approximate surface area is 109 Å². The maximum atomic E-state index is 10.7. The molecule has 3 atom stereocenters. The lowest BCUT2D eigenvalue weighted by Gasteiger charge is -2.24. The SMILES string of the molecule is CCCCC(CC)CC(OS(=O)(=O)O)C(O)CO. The molecule has 0 saturated carbocycles. The lowest BCUT2D eigenvalue weighted by Crippen LogP contribution is -2.35. The van der Waals surface area contributed by atoms with Gasteiger partial charge in [-0.2, -0.15) is 8.42 Å². The van der Waals surface area contributed by atoms with Crippen LogP contribution in [-0.2, 0) is 14.6 Å². The largest absolute Gasteiger partial charge is 0.397 e. The molecular formula is C11H24O6S. The normalized spacial score (nSPS) is 17.4. The van der Waals surface area contributed by atoms with Crippen molar-refractivity contribution < 1.29 is 27.4 Å². The topological polar surface area (TPSA) is 104 Å². The predicted octanol–water partition coefficient (Wildman–Crippen LogP) is 1.13. The van der Waals surface area contributed by atoms with Gasteiger partial charge in [0, 0.05) is 0 Å². The minimum absolute atomic E-state index is 0.192. The van der Waals surface area contributed by atoms with Gasteiger partial charge in [-0.05, 0) is 12.3 Å². The second kappa shape index (κ2) is 8.82. The second-order valence-corrected chi connectivity index (χ2v) is 5.51. The highest BCUT2D eigenvalue weighted by Gasteiger charge is 2.27. The van der Waals surface area contributed by atoms with E-state index in [2.05, 4.69) is 11.1 Å². The van der Waals surface area contributed by atoms with Crippen LogP contribution >= 0.6 is 0 Å². The van der Waals surface area contributed by atoms with E-state index >= 15 is 0 Å². The van der Waals surface area contributed by atoms with E-state index in [-0.39, 0.29) is 12.3 Å². The Morgan fingerprint density at radius 3 is 2.28 bits per heavy atom. The third-order valence-electron chi connectivity index (χ3n) is 2.97. The molecule has 0 amide bonds. The molecule has 0 aliphatic heterocycles. The van der Waals surface area contributed by atoms with Crippen molar-refractivity contribution in [1.82, 2.24) is 0 Å². The van der Waals surface area contributed by atoms with E-state index < -0.39 is 29.2 Å². The fourth-order valence-electron chi connectivity index (χ4n) is 1.84. The molecule has 3 N–H and O–H groups in total. The van der Waals surface area contributed by atoms with Crippen molar-refractivity contribution in [3.8, 4) is 0 Å². The fraction of sp³-hybridized carbons (Fsp3) is 1.00. The van der Waals surface area contributed by atoms with Gasteiger partial charge >= 0.3 is 10.4 Å². The molecule has 0 saturated heterocycles. The molecule has 0 radical (unpaired) electrons. The second-order valence-electron chi connectivity index (χ2n) is 4.46. The first-order valence-corrected chi connectivity index (χ1v) is 7.65. The van der Waals surface area contributed by atoms with Crippen LogP contribution in [0.5, 0.6) is 0 Å². The molecule has 0 aromatic carbocycles. The summed E-state index contributed by atoms with van der Waals surface area (Å²) in [6, 6.07) is 0. The third-order valence-corrected chi connectivity index (χ3v) is 3.46. The van der Waals surface area contributed by atoms with Crippen LogP contribution in [0.25, 0.3) is 0 Å².